The lowest BCUT2D eigenvalue weighted by molar-refractivity contribution is -0.139. The lowest BCUT2D eigenvalue weighted by Gasteiger charge is -2.16. The Morgan fingerprint density at radius 3 is 2.50 bits per heavy atom. The first kappa shape index (κ1) is 28.5. The number of sulfonamides is 1. The molecule has 0 aliphatic carbocycles. The van der Waals surface area contributed by atoms with Crippen LogP contribution in [0.1, 0.15) is 12.5 Å². The Balaban J connectivity index is 1.75. The molecule has 40 heavy (non-hydrogen) atoms. The highest BCUT2D eigenvalue weighted by Gasteiger charge is 2.37. The lowest BCUT2D eigenvalue weighted by Crippen LogP contribution is -2.32. The summed E-state index contributed by atoms with van der Waals surface area (Å²) in [5.74, 6) is -0.906. The van der Waals surface area contributed by atoms with Crippen molar-refractivity contribution in [1.29, 1.82) is 0 Å². The van der Waals surface area contributed by atoms with Crippen molar-refractivity contribution in [3.8, 4) is 17.0 Å². The van der Waals surface area contributed by atoms with Crippen LogP contribution in [0.4, 0.5) is 18.9 Å². The molecule has 0 fully saturated rings. The van der Waals surface area contributed by atoms with Crippen LogP contribution in [0.3, 0.4) is 0 Å². The molecule has 0 spiro atoms. The number of carbonyl (C=O) groups excluding carboxylic acids is 1. The van der Waals surface area contributed by atoms with Crippen LogP contribution in [0.2, 0.25) is 0 Å². The zero-order valence-electron chi connectivity index (χ0n) is 21.5. The summed E-state index contributed by atoms with van der Waals surface area (Å²) >= 11 is 0. The van der Waals surface area contributed by atoms with Gasteiger partial charge in [-0.15, -0.1) is 0 Å². The van der Waals surface area contributed by atoms with Crippen molar-refractivity contribution in [2.45, 2.75) is 24.5 Å². The molecule has 1 unspecified atom stereocenters. The molecule has 14 heteroatoms. The number of hydrogen-bond donors (Lipinski definition) is 2. The van der Waals surface area contributed by atoms with Gasteiger partial charge in [0.05, 0.1) is 40.7 Å². The number of rotatable bonds is 8. The topological polar surface area (TPSA) is 132 Å². The van der Waals surface area contributed by atoms with Gasteiger partial charge in [0.25, 0.3) is 15.6 Å². The fourth-order valence-corrected chi connectivity index (χ4v) is 5.35. The predicted molar refractivity (Wildman–Crippen MR) is 141 cm³/mol. The molecule has 2 N–H and O–H groups in total. The van der Waals surface area contributed by atoms with E-state index in [1.807, 2.05) is 0 Å². The van der Waals surface area contributed by atoms with Crippen LogP contribution in [0, 0.1) is 5.92 Å². The van der Waals surface area contributed by atoms with Crippen LogP contribution in [-0.2, 0) is 27.5 Å². The quantitative estimate of drug-likeness (QED) is 0.328. The van der Waals surface area contributed by atoms with Crippen LogP contribution in [0.25, 0.3) is 22.0 Å². The van der Waals surface area contributed by atoms with Gasteiger partial charge in [0.1, 0.15) is 5.69 Å². The number of pyridine rings is 1. The first-order valence-corrected chi connectivity index (χ1v) is 13.3. The van der Waals surface area contributed by atoms with E-state index in [4.69, 9.17) is 4.74 Å². The van der Waals surface area contributed by atoms with E-state index in [0.29, 0.717) is 22.7 Å². The van der Waals surface area contributed by atoms with Crippen molar-refractivity contribution < 1.29 is 31.1 Å². The lowest BCUT2D eigenvalue weighted by atomic mass is 10.0. The minimum absolute atomic E-state index is 0.0983. The Morgan fingerprint density at radius 2 is 1.82 bits per heavy atom. The smallest absolute Gasteiger partial charge is 0.417 e. The fraction of sp³-hybridized carbons (Fsp3) is 0.231. The van der Waals surface area contributed by atoms with Crippen LogP contribution in [0.15, 0.2) is 70.7 Å². The average Bonchev–Trinajstić information content (AvgIpc) is 2.93. The van der Waals surface area contributed by atoms with Gasteiger partial charge >= 0.3 is 6.18 Å². The Kier molecular flexibility index (Phi) is 7.82. The van der Waals surface area contributed by atoms with Gasteiger partial charge in [0.2, 0.25) is 11.8 Å². The Labute approximate surface area is 226 Å². The summed E-state index contributed by atoms with van der Waals surface area (Å²) < 4.78 is 75.1. The number of anilines is 1. The number of fused-ring (bicyclic) bond motifs is 1. The third kappa shape index (κ3) is 5.76. The molecule has 0 saturated carbocycles. The summed E-state index contributed by atoms with van der Waals surface area (Å²) in [5, 5.41) is 2.76. The van der Waals surface area contributed by atoms with E-state index in [2.05, 4.69) is 20.0 Å². The minimum Gasteiger partial charge on any atom is -0.480 e. The van der Waals surface area contributed by atoms with Gasteiger partial charge in [0, 0.05) is 25.4 Å². The molecule has 10 nitrogen and oxygen atoms in total. The summed E-state index contributed by atoms with van der Waals surface area (Å²) in [6.07, 6.45) is -2.19. The van der Waals surface area contributed by atoms with Gasteiger partial charge in [-0.25, -0.2) is 18.4 Å². The van der Waals surface area contributed by atoms with Crippen LogP contribution >= 0.6 is 0 Å². The summed E-state index contributed by atoms with van der Waals surface area (Å²) in [6, 6.07) is 9.88. The standard InChI is InChI=1S/C26H24F3N5O5S/c1-15(23(35)30-2)13-34-14-32-20-9-8-16(10-18(20)25(34)36)17-11-21(24(39-3)31-12-17)33-40(37,38)22-7-5-4-6-19(22)26(27,28)29/h4-12,14-15,33H,13H2,1-3H3,(H,30,35). The number of carbonyl (C=O) groups is 1. The summed E-state index contributed by atoms with van der Waals surface area (Å²) in [6.45, 7) is 1.77. The fourth-order valence-electron chi connectivity index (χ4n) is 4.07. The predicted octanol–water partition coefficient (Wildman–Crippen LogP) is 3.67. The number of methoxy groups -OCH3 is 1. The van der Waals surface area contributed by atoms with Gasteiger partial charge in [-0.1, -0.05) is 25.1 Å². The zero-order chi connectivity index (χ0) is 29.2. The maximum Gasteiger partial charge on any atom is 0.417 e. The van der Waals surface area contributed by atoms with Gasteiger partial charge < -0.3 is 10.1 Å². The largest absolute Gasteiger partial charge is 0.480 e. The number of ether oxygens (including phenoxy) is 1. The first-order valence-electron chi connectivity index (χ1n) is 11.8. The molecule has 0 aliphatic rings. The van der Waals surface area contributed by atoms with Crippen molar-refractivity contribution in [3.63, 3.8) is 0 Å². The zero-order valence-corrected chi connectivity index (χ0v) is 22.3. The maximum atomic E-state index is 13.5. The summed E-state index contributed by atoms with van der Waals surface area (Å²) in [5.41, 5.74) is -0.736. The Bertz CT molecular complexity index is 1760. The number of amides is 1. The Hall–Kier alpha value is -4.46. The van der Waals surface area contributed by atoms with E-state index in [9.17, 15) is 31.2 Å². The van der Waals surface area contributed by atoms with Gasteiger partial charge in [-0.05, 0) is 35.9 Å². The van der Waals surface area contributed by atoms with Crippen LogP contribution in [0.5, 0.6) is 5.88 Å². The molecule has 4 rings (SSSR count). The molecule has 0 bridgehead atoms. The molecule has 1 amide bonds. The third-order valence-corrected chi connectivity index (χ3v) is 7.52. The summed E-state index contributed by atoms with van der Waals surface area (Å²) in [7, 11) is -1.98. The SMILES string of the molecule is CNC(=O)C(C)Cn1cnc2ccc(-c3cnc(OC)c(NS(=O)(=O)c4ccccc4C(F)(F)F)c3)cc2c1=O. The highest BCUT2D eigenvalue weighted by Crippen LogP contribution is 2.36. The number of benzene rings is 2. The number of hydrogen-bond acceptors (Lipinski definition) is 7. The molecule has 0 saturated heterocycles. The molecule has 1 atom stereocenters. The second-order valence-corrected chi connectivity index (χ2v) is 10.5. The molecule has 2 aromatic heterocycles. The third-order valence-electron chi connectivity index (χ3n) is 6.09. The van der Waals surface area contributed by atoms with Crippen LogP contribution in [-0.4, -0.2) is 43.0 Å². The molecule has 210 valence electrons. The highest BCUT2D eigenvalue weighted by atomic mass is 32.2. The second-order valence-electron chi connectivity index (χ2n) is 8.83. The first-order chi connectivity index (χ1) is 18.9. The molecule has 4 aromatic rings. The average molecular weight is 576 g/mol. The number of halogens is 3. The van der Waals surface area contributed by atoms with Crippen LogP contribution < -0.4 is 20.3 Å². The number of nitrogens with zero attached hydrogens (tertiary/aromatic N) is 3. The number of nitrogens with one attached hydrogen (secondary N) is 2. The van der Waals surface area contributed by atoms with Gasteiger partial charge in [-0.2, -0.15) is 13.2 Å². The van der Waals surface area contributed by atoms with Crippen molar-refractivity contribution in [2.75, 3.05) is 18.9 Å². The highest BCUT2D eigenvalue weighted by molar-refractivity contribution is 7.92. The van der Waals surface area contributed by atoms with Gasteiger partial charge in [-0.3, -0.25) is 18.9 Å². The molecular formula is C26H24F3N5O5S. The molecular weight excluding hydrogens is 551 g/mol. The number of aromatic nitrogens is 3. The molecule has 2 aromatic carbocycles. The van der Waals surface area contributed by atoms with Crippen molar-refractivity contribution in [1.82, 2.24) is 19.9 Å². The van der Waals surface area contributed by atoms with E-state index in [-0.39, 0.29) is 29.4 Å². The minimum atomic E-state index is -4.90. The van der Waals surface area contributed by atoms with Gasteiger partial charge in [0.15, 0.2) is 0 Å². The molecule has 0 aliphatic heterocycles. The molecule has 2 heterocycles. The molecule has 0 radical (unpaired) electrons. The van der Waals surface area contributed by atoms with E-state index >= 15 is 0 Å². The van der Waals surface area contributed by atoms with Crippen molar-refractivity contribution in [3.05, 3.63) is 77.0 Å². The van der Waals surface area contributed by atoms with E-state index in [1.165, 1.54) is 49.4 Å². The Morgan fingerprint density at radius 1 is 1.10 bits per heavy atom. The van der Waals surface area contributed by atoms with E-state index < -0.39 is 38.1 Å². The van der Waals surface area contributed by atoms with Crippen molar-refractivity contribution in [2.24, 2.45) is 5.92 Å². The normalized spacial score (nSPS) is 12.7. The summed E-state index contributed by atoms with van der Waals surface area (Å²) in [4.78, 5) is 32.5. The van der Waals surface area contributed by atoms with Crippen molar-refractivity contribution >= 4 is 32.5 Å². The monoisotopic (exact) mass is 575 g/mol. The number of alkyl halides is 3. The van der Waals surface area contributed by atoms with E-state index in [0.717, 1.165) is 12.1 Å². The maximum absolute atomic E-state index is 13.5. The second kappa shape index (κ2) is 11.0. The van der Waals surface area contributed by atoms with E-state index in [1.54, 1.807) is 19.1 Å².